The minimum Gasteiger partial charge on any atom is -0.504 e. The number of nitrogens with zero attached hydrogens (tertiary/aromatic N) is 2. The number of hydrogen-bond acceptors (Lipinski definition) is 6. The molecule has 2 rings (SSSR count). The number of nitrogens with two attached hydrogens (primary N) is 1. The second-order valence-electron chi connectivity index (χ2n) is 4.94. The van der Waals surface area contributed by atoms with Gasteiger partial charge in [0, 0.05) is 12.0 Å². The number of phenolic OH excluding ortho intramolecular Hbond substituents is 2. The van der Waals surface area contributed by atoms with Crippen LogP contribution >= 0.6 is 0 Å². The van der Waals surface area contributed by atoms with Crippen LogP contribution in [0.2, 0.25) is 0 Å². The highest BCUT2D eigenvalue weighted by Crippen LogP contribution is 2.29. The Morgan fingerprint density at radius 1 is 1.25 bits per heavy atom. The van der Waals surface area contributed by atoms with Gasteiger partial charge in [0.2, 0.25) is 11.7 Å². The second-order valence-corrected chi connectivity index (χ2v) is 4.94. The first-order valence-corrected chi connectivity index (χ1v) is 6.65. The molecule has 1 aromatic heterocycles. The van der Waals surface area contributed by atoms with Gasteiger partial charge in [-0.05, 0) is 43.5 Å². The molecular formula is C14H19N3O3. The topological polar surface area (TPSA) is 105 Å². The van der Waals surface area contributed by atoms with E-state index in [0.29, 0.717) is 36.2 Å². The maximum Gasteiger partial charge on any atom is 0.226 e. The SMILES string of the molecule is CC(CCN)CCc1nc(-c2ccc(O)c(O)c2)no1. The zero-order chi connectivity index (χ0) is 14.5. The summed E-state index contributed by atoms with van der Waals surface area (Å²) in [7, 11) is 0. The second kappa shape index (κ2) is 6.38. The third-order valence-corrected chi connectivity index (χ3v) is 3.21. The first-order valence-electron chi connectivity index (χ1n) is 6.65. The molecule has 4 N–H and O–H groups in total. The van der Waals surface area contributed by atoms with E-state index in [2.05, 4.69) is 17.1 Å². The predicted molar refractivity (Wildman–Crippen MR) is 74.2 cm³/mol. The molecule has 2 aromatic rings. The molecule has 6 nitrogen and oxygen atoms in total. The Kier molecular flexibility index (Phi) is 4.57. The summed E-state index contributed by atoms with van der Waals surface area (Å²) >= 11 is 0. The highest BCUT2D eigenvalue weighted by Gasteiger charge is 2.11. The summed E-state index contributed by atoms with van der Waals surface area (Å²) < 4.78 is 5.18. The first kappa shape index (κ1) is 14.3. The Labute approximate surface area is 117 Å². The van der Waals surface area contributed by atoms with Crippen LogP contribution in [-0.4, -0.2) is 26.9 Å². The molecule has 1 atom stereocenters. The van der Waals surface area contributed by atoms with Crippen LogP contribution in [0.5, 0.6) is 11.5 Å². The number of rotatable bonds is 6. The van der Waals surface area contributed by atoms with Gasteiger partial charge in [-0.25, -0.2) is 0 Å². The summed E-state index contributed by atoms with van der Waals surface area (Å²) in [5, 5.41) is 22.6. The highest BCUT2D eigenvalue weighted by atomic mass is 16.5. The fourth-order valence-electron chi connectivity index (χ4n) is 1.93. The number of phenols is 2. The van der Waals surface area contributed by atoms with Crippen molar-refractivity contribution in [3.63, 3.8) is 0 Å². The minimum atomic E-state index is -0.203. The number of aromatic hydroxyl groups is 2. The van der Waals surface area contributed by atoms with Crippen LogP contribution in [0.3, 0.4) is 0 Å². The molecule has 0 aliphatic carbocycles. The third-order valence-electron chi connectivity index (χ3n) is 3.21. The number of hydrogen-bond donors (Lipinski definition) is 3. The van der Waals surface area contributed by atoms with Crippen molar-refractivity contribution in [2.45, 2.75) is 26.2 Å². The van der Waals surface area contributed by atoms with Crippen molar-refractivity contribution >= 4 is 0 Å². The summed E-state index contributed by atoms with van der Waals surface area (Å²) in [5.74, 6) is 1.12. The molecule has 0 spiro atoms. The summed E-state index contributed by atoms with van der Waals surface area (Å²) in [5.41, 5.74) is 6.11. The Morgan fingerprint density at radius 2 is 2.05 bits per heavy atom. The monoisotopic (exact) mass is 277 g/mol. The van der Waals surface area contributed by atoms with E-state index in [4.69, 9.17) is 10.3 Å². The summed E-state index contributed by atoms with van der Waals surface area (Å²) in [6, 6.07) is 4.42. The van der Waals surface area contributed by atoms with Crippen molar-refractivity contribution < 1.29 is 14.7 Å². The standard InChI is InChI=1S/C14H19N3O3/c1-9(6-7-15)2-5-13-16-14(17-20-13)10-3-4-11(18)12(19)8-10/h3-4,8-9,18-19H,2,5-7,15H2,1H3. The summed E-state index contributed by atoms with van der Waals surface area (Å²) in [6.07, 6.45) is 2.63. The normalized spacial score (nSPS) is 12.5. The Bertz CT molecular complexity index is 569. The molecule has 1 heterocycles. The van der Waals surface area contributed by atoms with Gasteiger partial charge >= 0.3 is 0 Å². The van der Waals surface area contributed by atoms with Gasteiger partial charge in [-0.15, -0.1) is 0 Å². The van der Waals surface area contributed by atoms with E-state index in [9.17, 15) is 10.2 Å². The van der Waals surface area contributed by atoms with Crippen LogP contribution in [0.15, 0.2) is 22.7 Å². The first-order chi connectivity index (χ1) is 9.60. The minimum absolute atomic E-state index is 0.173. The van der Waals surface area contributed by atoms with Crippen molar-refractivity contribution in [2.75, 3.05) is 6.54 Å². The van der Waals surface area contributed by atoms with Crippen molar-refractivity contribution in [3.05, 3.63) is 24.1 Å². The van der Waals surface area contributed by atoms with Crippen LogP contribution < -0.4 is 5.73 Å². The van der Waals surface area contributed by atoms with Crippen LogP contribution in [-0.2, 0) is 6.42 Å². The molecule has 1 unspecified atom stereocenters. The Hall–Kier alpha value is -2.08. The number of benzene rings is 1. The fourth-order valence-corrected chi connectivity index (χ4v) is 1.93. The van der Waals surface area contributed by atoms with Gasteiger partial charge in [-0.1, -0.05) is 12.1 Å². The van der Waals surface area contributed by atoms with E-state index in [-0.39, 0.29) is 11.5 Å². The lowest BCUT2D eigenvalue weighted by molar-refractivity contribution is 0.362. The molecule has 0 aliphatic heterocycles. The Morgan fingerprint density at radius 3 is 2.75 bits per heavy atom. The maximum atomic E-state index is 9.46. The lowest BCUT2D eigenvalue weighted by Gasteiger charge is -2.06. The van der Waals surface area contributed by atoms with Crippen LogP contribution in [0.25, 0.3) is 11.4 Å². The molecule has 0 bridgehead atoms. The number of aromatic nitrogens is 2. The van der Waals surface area contributed by atoms with Gasteiger partial charge in [0.25, 0.3) is 0 Å². The lowest BCUT2D eigenvalue weighted by Crippen LogP contribution is -2.06. The summed E-state index contributed by atoms with van der Waals surface area (Å²) in [6.45, 7) is 2.82. The molecule has 0 radical (unpaired) electrons. The average molecular weight is 277 g/mol. The quantitative estimate of drug-likeness (QED) is 0.698. The fraction of sp³-hybridized carbons (Fsp3) is 0.429. The molecule has 0 amide bonds. The van der Waals surface area contributed by atoms with E-state index in [0.717, 1.165) is 12.8 Å². The zero-order valence-electron chi connectivity index (χ0n) is 11.4. The van der Waals surface area contributed by atoms with Gasteiger partial charge < -0.3 is 20.5 Å². The maximum absolute atomic E-state index is 9.46. The van der Waals surface area contributed by atoms with Crippen molar-refractivity contribution in [3.8, 4) is 22.9 Å². The van der Waals surface area contributed by atoms with Gasteiger partial charge in [-0.3, -0.25) is 0 Å². The van der Waals surface area contributed by atoms with E-state index in [1.807, 2.05) is 0 Å². The zero-order valence-corrected chi connectivity index (χ0v) is 11.4. The molecule has 1 aromatic carbocycles. The van der Waals surface area contributed by atoms with E-state index < -0.39 is 0 Å². The van der Waals surface area contributed by atoms with Crippen molar-refractivity contribution in [2.24, 2.45) is 11.7 Å². The molecule has 0 aliphatic rings. The molecular weight excluding hydrogens is 258 g/mol. The Balaban J connectivity index is 2.03. The van der Waals surface area contributed by atoms with E-state index in [1.54, 1.807) is 6.07 Å². The van der Waals surface area contributed by atoms with Gasteiger partial charge in [-0.2, -0.15) is 4.98 Å². The van der Waals surface area contributed by atoms with Crippen LogP contribution in [0.4, 0.5) is 0 Å². The highest BCUT2D eigenvalue weighted by molar-refractivity contribution is 5.59. The van der Waals surface area contributed by atoms with Crippen LogP contribution in [0.1, 0.15) is 25.7 Å². The van der Waals surface area contributed by atoms with Crippen molar-refractivity contribution in [1.29, 1.82) is 0 Å². The lowest BCUT2D eigenvalue weighted by atomic mass is 10.0. The van der Waals surface area contributed by atoms with Crippen molar-refractivity contribution in [1.82, 2.24) is 10.1 Å². The molecule has 0 saturated heterocycles. The molecule has 20 heavy (non-hydrogen) atoms. The van der Waals surface area contributed by atoms with E-state index in [1.165, 1.54) is 12.1 Å². The smallest absolute Gasteiger partial charge is 0.226 e. The molecule has 108 valence electrons. The molecule has 0 fully saturated rings. The van der Waals surface area contributed by atoms with E-state index >= 15 is 0 Å². The number of aryl methyl sites for hydroxylation is 1. The predicted octanol–water partition coefficient (Wildman–Crippen LogP) is 2.07. The largest absolute Gasteiger partial charge is 0.504 e. The van der Waals surface area contributed by atoms with Crippen LogP contribution in [0, 0.1) is 5.92 Å². The van der Waals surface area contributed by atoms with Gasteiger partial charge in [0.15, 0.2) is 11.5 Å². The molecule has 6 heteroatoms. The average Bonchev–Trinajstić information content (AvgIpc) is 2.89. The van der Waals surface area contributed by atoms with Gasteiger partial charge in [0.05, 0.1) is 0 Å². The molecule has 0 saturated carbocycles. The third kappa shape index (κ3) is 3.48. The summed E-state index contributed by atoms with van der Waals surface area (Å²) in [4.78, 5) is 4.28. The van der Waals surface area contributed by atoms with Gasteiger partial charge in [0.1, 0.15) is 0 Å².